The third kappa shape index (κ3) is 4.19. The van der Waals surface area contributed by atoms with Crippen molar-refractivity contribution in [2.75, 3.05) is 31.0 Å². The van der Waals surface area contributed by atoms with Crippen LogP contribution in [0.4, 0.5) is 5.69 Å². The molecule has 2 heterocycles. The fraction of sp³-hybridized carbons (Fsp3) is 0.250. The molecular weight excluding hydrogens is 406 g/mol. The molecule has 1 saturated heterocycles. The molecule has 2 aromatic carbocycles. The van der Waals surface area contributed by atoms with Gasteiger partial charge in [0.15, 0.2) is 5.82 Å². The van der Waals surface area contributed by atoms with Gasteiger partial charge in [-0.1, -0.05) is 12.1 Å². The smallest absolute Gasteiger partial charge is 0.262 e. The van der Waals surface area contributed by atoms with Gasteiger partial charge in [0.2, 0.25) is 0 Å². The summed E-state index contributed by atoms with van der Waals surface area (Å²) in [6.45, 7) is 1.75. The van der Waals surface area contributed by atoms with E-state index in [-0.39, 0.29) is 16.4 Å². The van der Waals surface area contributed by atoms with Gasteiger partial charge in [0.05, 0.1) is 18.8 Å². The van der Waals surface area contributed by atoms with Gasteiger partial charge in [-0.2, -0.15) is 5.10 Å². The van der Waals surface area contributed by atoms with E-state index < -0.39 is 10.0 Å². The summed E-state index contributed by atoms with van der Waals surface area (Å²) in [7, 11) is -2.19. The van der Waals surface area contributed by atoms with Crippen molar-refractivity contribution in [1.29, 1.82) is 0 Å². The predicted octanol–water partition coefficient (Wildman–Crippen LogP) is 1.76. The molecule has 4 rings (SSSR count). The fourth-order valence-electron chi connectivity index (χ4n) is 3.18. The summed E-state index contributed by atoms with van der Waals surface area (Å²) in [6.07, 6.45) is 1.59. The molecule has 1 amide bonds. The SMILES string of the molecule is Cn1cnc(-c2ccc(NS(=O)(=O)c3ccccc3C(=O)N3CCOCC3)cc2)n1. The van der Waals surface area contributed by atoms with Crippen molar-refractivity contribution in [3.8, 4) is 11.4 Å². The zero-order chi connectivity index (χ0) is 21.1. The largest absolute Gasteiger partial charge is 0.378 e. The number of amides is 1. The van der Waals surface area contributed by atoms with Gasteiger partial charge < -0.3 is 9.64 Å². The van der Waals surface area contributed by atoms with Crippen molar-refractivity contribution in [1.82, 2.24) is 19.7 Å². The Bertz CT molecular complexity index is 1150. The van der Waals surface area contributed by atoms with Gasteiger partial charge in [0.25, 0.3) is 15.9 Å². The van der Waals surface area contributed by atoms with E-state index in [0.717, 1.165) is 5.56 Å². The number of benzene rings is 2. The summed E-state index contributed by atoms with van der Waals surface area (Å²) < 4.78 is 35.5. The number of carbonyl (C=O) groups excluding carboxylic acids is 1. The minimum atomic E-state index is -3.97. The maximum atomic E-state index is 13.0. The van der Waals surface area contributed by atoms with E-state index in [1.807, 2.05) is 0 Å². The maximum absolute atomic E-state index is 13.0. The van der Waals surface area contributed by atoms with E-state index in [1.165, 1.54) is 12.1 Å². The first kappa shape index (κ1) is 20.0. The summed E-state index contributed by atoms with van der Waals surface area (Å²) >= 11 is 0. The summed E-state index contributed by atoms with van der Waals surface area (Å²) in [5, 5.41) is 4.22. The lowest BCUT2D eigenvalue weighted by Gasteiger charge is -2.27. The Kier molecular flexibility index (Phi) is 5.51. The van der Waals surface area contributed by atoms with E-state index in [9.17, 15) is 13.2 Å². The molecule has 1 aromatic heterocycles. The molecule has 1 aliphatic rings. The highest BCUT2D eigenvalue weighted by Crippen LogP contribution is 2.23. The normalized spacial score (nSPS) is 14.5. The van der Waals surface area contributed by atoms with E-state index in [0.29, 0.717) is 37.8 Å². The number of morpholine rings is 1. The minimum absolute atomic E-state index is 0.0584. The molecule has 0 atom stereocenters. The zero-order valence-electron chi connectivity index (χ0n) is 16.4. The number of hydrogen-bond donors (Lipinski definition) is 1. The van der Waals surface area contributed by atoms with Gasteiger partial charge in [0.1, 0.15) is 11.2 Å². The molecule has 156 valence electrons. The molecule has 1 fully saturated rings. The lowest BCUT2D eigenvalue weighted by molar-refractivity contribution is 0.0300. The number of nitrogens with zero attached hydrogens (tertiary/aromatic N) is 4. The third-order valence-electron chi connectivity index (χ3n) is 4.70. The lowest BCUT2D eigenvalue weighted by Crippen LogP contribution is -2.41. The molecule has 0 spiro atoms. The highest BCUT2D eigenvalue weighted by molar-refractivity contribution is 7.92. The van der Waals surface area contributed by atoms with E-state index in [2.05, 4.69) is 14.8 Å². The first-order valence-electron chi connectivity index (χ1n) is 9.39. The number of rotatable bonds is 5. The Morgan fingerprint density at radius 2 is 1.77 bits per heavy atom. The van der Waals surface area contributed by atoms with Crippen LogP contribution >= 0.6 is 0 Å². The molecule has 0 unspecified atom stereocenters. The summed E-state index contributed by atoms with van der Waals surface area (Å²) in [5.41, 5.74) is 1.28. The van der Waals surface area contributed by atoms with Crippen molar-refractivity contribution in [2.45, 2.75) is 4.90 Å². The number of aryl methyl sites for hydroxylation is 1. The maximum Gasteiger partial charge on any atom is 0.262 e. The number of carbonyl (C=O) groups is 1. The quantitative estimate of drug-likeness (QED) is 0.665. The average Bonchev–Trinajstić information content (AvgIpc) is 3.20. The highest BCUT2D eigenvalue weighted by atomic mass is 32.2. The van der Waals surface area contributed by atoms with Crippen LogP contribution in [0.3, 0.4) is 0 Å². The zero-order valence-corrected chi connectivity index (χ0v) is 17.2. The van der Waals surface area contributed by atoms with Gasteiger partial charge in [-0.05, 0) is 36.4 Å². The number of aromatic nitrogens is 3. The summed E-state index contributed by atoms with van der Waals surface area (Å²) in [5.74, 6) is 0.226. The van der Waals surface area contributed by atoms with Crippen LogP contribution in [-0.4, -0.2) is 60.3 Å². The number of anilines is 1. The van der Waals surface area contributed by atoms with E-state index in [4.69, 9.17) is 4.74 Å². The van der Waals surface area contributed by atoms with Crippen molar-refractivity contribution in [3.63, 3.8) is 0 Å². The summed E-state index contributed by atoms with van der Waals surface area (Å²) in [4.78, 5) is 18.6. The topological polar surface area (TPSA) is 106 Å². The van der Waals surface area contributed by atoms with Crippen LogP contribution in [0.15, 0.2) is 59.8 Å². The standard InChI is InChI=1S/C20H21N5O4S/c1-24-14-21-19(22-24)15-6-8-16(9-7-15)23-30(27,28)18-5-3-2-4-17(18)20(26)25-10-12-29-13-11-25/h2-9,14,23H,10-13H2,1H3. The molecule has 30 heavy (non-hydrogen) atoms. The van der Waals surface area contributed by atoms with Gasteiger partial charge >= 0.3 is 0 Å². The second kappa shape index (κ2) is 8.25. The highest BCUT2D eigenvalue weighted by Gasteiger charge is 2.26. The Morgan fingerprint density at radius 1 is 1.07 bits per heavy atom. The molecule has 1 aliphatic heterocycles. The monoisotopic (exact) mass is 427 g/mol. The first-order chi connectivity index (χ1) is 14.4. The Morgan fingerprint density at radius 3 is 2.43 bits per heavy atom. The van der Waals surface area contributed by atoms with Crippen LogP contribution in [0.1, 0.15) is 10.4 Å². The minimum Gasteiger partial charge on any atom is -0.378 e. The Balaban J connectivity index is 1.57. The van der Waals surface area contributed by atoms with Crippen LogP contribution in [0.2, 0.25) is 0 Å². The van der Waals surface area contributed by atoms with Crippen LogP contribution in [-0.2, 0) is 21.8 Å². The van der Waals surface area contributed by atoms with Crippen molar-refractivity contribution < 1.29 is 17.9 Å². The van der Waals surface area contributed by atoms with Crippen LogP contribution in [0.25, 0.3) is 11.4 Å². The number of nitrogens with one attached hydrogen (secondary N) is 1. The number of sulfonamides is 1. The molecule has 10 heteroatoms. The molecule has 1 N–H and O–H groups in total. The van der Waals surface area contributed by atoms with Gasteiger partial charge in [-0.3, -0.25) is 14.2 Å². The number of hydrogen-bond acceptors (Lipinski definition) is 6. The fourth-order valence-corrected chi connectivity index (χ4v) is 4.44. The molecule has 9 nitrogen and oxygen atoms in total. The molecule has 0 bridgehead atoms. The molecule has 0 aliphatic carbocycles. The van der Waals surface area contributed by atoms with E-state index in [1.54, 1.807) is 59.4 Å². The van der Waals surface area contributed by atoms with Crippen molar-refractivity contribution in [3.05, 3.63) is 60.4 Å². The Labute approximate surface area is 174 Å². The van der Waals surface area contributed by atoms with Crippen molar-refractivity contribution in [2.24, 2.45) is 7.05 Å². The van der Waals surface area contributed by atoms with Gasteiger partial charge in [-0.25, -0.2) is 13.4 Å². The molecular formula is C20H21N5O4S. The van der Waals surface area contributed by atoms with Crippen LogP contribution in [0, 0.1) is 0 Å². The molecule has 3 aromatic rings. The van der Waals surface area contributed by atoms with Crippen molar-refractivity contribution >= 4 is 21.6 Å². The van der Waals surface area contributed by atoms with Crippen LogP contribution < -0.4 is 4.72 Å². The van der Waals surface area contributed by atoms with Gasteiger partial charge in [0, 0.05) is 31.4 Å². The third-order valence-corrected chi connectivity index (χ3v) is 6.14. The number of ether oxygens (including phenoxy) is 1. The first-order valence-corrected chi connectivity index (χ1v) is 10.9. The predicted molar refractivity (Wildman–Crippen MR) is 110 cm³/mol. The second-order valence-electron chi connectivity index (χ2n) is 6.83. The van der Waals surface area contributed by atoms with Crippen LogP contribution in [0.5, 0.6) is 0 Å². The Hall–Kier alpha value is -3.24. The molecule has 0 radical (unpaired) electrons. The average molecular weight is 427 g/mol. The van der Waals surface area contributed by atoms with Gasteiger partial charge in [-0.15, -0.1) is 0 Å². The molecule has 0 saturated carbocycles. The second-order valence-corrected chi connectivity index (χ2v) is 8.48. The van der Waals surface area contributed by atoms with E-state index >= 15 is 0 Å². The lowest BCUT2D eigenvalue weighted by atomic mass is 10.2. The summed E-state index contributed by atoms with van der Waals surface area (Å²) in [6, 6.07) is 13.0.